The number of methoxy groups -OCH3 is 3. The first-order chi connectivity index (χ1) is 21.4. The molecule has 4 aromatic rings. The van der Waals surface area contributed by atoms with Crippen LogP contribution in [0.4, 0.5) is 0 Å². The molecule has 0 radical (unpaired) electrons. The van der Waals surface area contributed by atoms with Gasteiger partial charge >= 0.3 is 5.97 Å². The fraction of sp³-hybridized carbons (Fsp3) is 0.206. The molecule has 1 aliphatic heterocycles. The third kappa shape index (κ3) is 5.70. The summed E-state index contributed by atoms with van der Waals surface area (Å²) >= 11 is 1.19. The van der Waals surface area contributed by atoms with Crippen molar-refractivity contribution in [3.8, 4) is 35.3 Å². The summed E-state index contributed by atoms with van der Waals surface area (Å²) in [7, 11) is 4.59. The second-order valence-corrected chi connectivity index (χ2v) is 10.4. The Morgan fingerprint density at radius 1 is 1.00 bits per heavy atom. The van der Waals surface area contributed by atoms with E-state index < -0.39 is 12.0 Å². The average Bonchev–Trinajstić information content (AvgIpc) is 3.37. The Balaban J connectivity index is 1.83. The van der Waals surface area contributed by atoms with Crippen LogP contribution < -0.4 is 33.8 Å². The predicted molar refractivity (Wildman–Crippen MR) is 168 cm³/mol. The molecule has 0 fully saturated rings. The second kappa shape index (κ2) is 13.4. The van der Waals surface area contributed by atoms with Crippen molar-refractivity contribution in [2.45, 2.75) is 13.0 Å². The van der Waals surface area contributed by atoms with Gasteiger partial charge in [-0.15, -0.1) is 6.42 Å². The topological polar surface area (TPSA) is 97.6 Å². The van der Waals surface area contributed by atoms with E-state index in [1.807, 2.05) is 30.3 Å². The number of para-hydroxylation sites is 1. The molecule has 0 amide bonds. The minimum Gasteiger partial charge on any atom is -0.493 e. The molecule has 10 heteroatoms. The molecule has 44 heavy (non-hydrogen) atoms. The minimum atomic E-state index is -0.884. The summed E-state index contributed by atoms with van der Waals surface area (Å²) in [6.45, 7) is 1.89. The number of carbonyl (C=O) groups is 1. The van der Waals surface area contributed by atoms with Gasteiger partial charge in [-0.25, -0.2) is 9.79 Å². The Bertz CT molecular complexity index is 1950. The molecule has 1 atom stereocenters. The summed E-state index contributed by atoms with van der Waals surface area (Å²) in [4.78, 5) is 33.3. The van der Waals surface area contributed by atoms with Gasteiger partial charge in [0.05, 0.1) is 49.8 Å². The monoisotopic (exact) mass is 610 g/mol. The van der Waals surface area contributed by atoms with Crippen LogP contribution in [0.25, 0.3) is 11.8 Å². The SMILES string of the molecule is C#CCOc1c(/C=c2\sc3n(c2=O)[C@@H](c2ccc(OC)c(OC)c2)C(C(=O)OCC)=C(c2ccccc2)N=3)cccc1OC. The van der Waals surface area contributed by atoms with E-state index in [2.05, 4.69) is 5.92 Å². The van der Waals surface area contributed by atoms with E-state index in [1.165, 1.54) is 37.2 Å². The van der Waals surface area contributed by atoms with Gasteiger partial charge in [-0.3, -0.25) is 9.36 Å². The molecule has 0 N–H and O–H groups in total. The highest BCUT2D eigenvalue weighted by atomic mass is 32.1. The number of aromatic nitrogens is 1. The molecule has 0 bridgehead atoms. The zero-order valence-corrected chi connectivity index (χ0v) is 25.5. The van der Waals surface area contributed by atoms with E-state index in [1.54, 1.807) is 49.4 Å². The summed E-state index contributed by atoms with van der Waals surface area (Å²) in [5, 5.41) is 0. The molecule has 0 saturated heterocycles. The van der Waals surface area contributed by atoms with Crippen LogP contribution in [-0.2, 0) is 9.53 Å². The molecule has 0 spiro atoms. The normalized spacial score (nSPS) is 14.2. The van der Waals surface area contributed by atoms with E-state index >= 15 is 0 Å². The quantitative estimate of drug-likeness (QED) is 0.198. The van der Waals surface area contributed by atoms with Crippen molar-refractivity contribution in [2.24, 2.45) is 4.99 Å². The number of hydrogen-bond acceptors (Lipinski definition) is 9. The molecular formula is C34H30N2O7S. The second-order valence-electron chi connectivity index (χ2n) is 9.42. The number of ether oxygens (including phenoxy) is 5. The summed E-state index contributed by atoms with van der Waals surface area (Å²) in [6.07, 6.45) is 7.15. The smallest absolute Gasteiger partial charge is 0.338 e. The highest BCUT2D eigenvalue weighted by Gasteiger charge is 2.35. The predicted octanol–water partition coefficient (Wildman–Crippen LogP) is 3.97. The number of hydrogen-bond donors (Lipinski definition) is 0. The van der Waals surface area contributed by atoms with Crippen molar-refractivity contribution < 1.29 is 28.5 Å². The van der Waals surface area contributed by atoms with E-state index in [0.717, 1.165) is 0 Å². The zero-order valence-electron chi connectivity index (χ0n) is 24.7. The number of esters is 1. The lowest BCUT2D eigenvalue weighted by molar-refractivity contribution is -0.138. The first-order valence-corrected chi connectivity index (χ1v) is 14.5. The highest BCUT2D eigenvalue weighted by molar-refractivity contribution is 7.07. The number of nitrogens with zero attached hydrogens (tertiary/aromatic N) is 2. The van der Waals surface area contributed by atoms with Crippen LogP contribution >= 0.6 is 11.3 Å². The van der Waals surface area contributed by atoms with Crippen LogP contribution in [0.1, 0.15) is 29.7 Å². The maximum atomic E-state index is 14.3. The van der Waals surface area contributed by atoms with Crippen molar-refractivity contribution >= 4 is 29.1 Å². The van der Waals surface area contributed by atoms with Crippen LogP contribution in [0.15, 0.2) is 82.1 Å². The van der Waals surface area contributed by atoms with Gasteiger partial charge in [-0.2, -0.15) is 0 Å². The van der Waals surface area contributed by atoms with Crippen molar-refractivity contribution in [1.29, 1.82) is 0 Å². The van der Waals surface area contributed by atoms with Crippen LogP contribution in [0, 0.1) is 12.3 Å². The Hall–Kier alpha value is -5.27. The summed E-state index contributed by atoms with van der Waals surface area (Å²) in [5.74, 6) is 3.71. The number of rotatable bonds is 10. The standard InChI is InChI=1S/C34H30N2O7S/c1-6-18-43-31-23(14-11-15-25(31)40-4)20-27-32(37)36-30(22-16-17-24(39-3)26(19-22)41-5)28(33(38)42-7-2)29(35-34(36)44-27)21-12-9-8-10-13-21/h1,8-17,19-20,30H,7,18H2,2-5H3/b27-20-/t30-/m0/s1. The Morgan fingerprint density at radius 2 is 1.75 bits per heavy atom. The number of fused-ring (bicyclic) bond motifs is 1. The van der Waals surface area contributed by atoms with E-state index in [4.69, 9.17) is 35.1 Å². The molecular weight excluding hydrogens is 580 g/mol. The minimum absolute atomic E-state index is 0.0190. The van der Waals surface area contributed by atoms with Gasteiger partial charge < -0.3 is 23.7 Å². The third-order valence-electron chi connectivity index (χ3n) is 6.91. The van der Waals surface area contributed by atoms with Gasteiger partial charge in [0, 0.05) is 11.1 Å². The Kier molecular flexibility index (Phi) is 9.17. The van der Waals surface area contributed by atoms with Gasteiger partial charge in [-0.1, -0.05) is 65.8 Å². The van der Waals surface area contributed by atoms with E-state index in [0.29, 0.717) is 54.7 Å². The molecule has 224 valence electrons. The lowest BCUT2D eigenvalue weighted by atomic mass is 9.93. The molecule has 3 aromatic carbocycles. The Labute approximate surface area is 258 Å². The zero-order chi connectivity index (χ0) is 31.2. The number of terminal acetylenes is 1. The van der Waals surface area contributed by atoms with Gasteiger partial charge in [0.25, 0.3) is 5.56 Å². The maximum Gasteiger partial charge on any atom is 0.338 e. The van der Waals surface area contributed by atoms with Crippen molar-refractivity contribution in [2.75, 3.05) is 34.5 Å². The first kappa shape index (κ1) is 30.2. The van der Waals surface area contributed by atoms with Gasteiger partial charge in [0.15, 0.2) is 27.8 Å². The van der Waals surface area contributed by atoms with Crippen LogP contribution in [0.2, 0.25) is 0 Å². The molecule has 1 aliphatic rings. The molecule has 5 rings (SSSR count). The summed E-state index contributed by atoms with van der Waals surface area (Å²) in [5.41, 5.74) is 2.20. The molecule has 2 heterocycles. The first-order valence-electron chi connectivity index (χ1n) is 13.7. The molecule has 1 aromatic heterocycles. The van der Waals surface area contributed by atoms with Crippen molar-refractivity contribution in [3.05, 3.63) is 109 Å². The number of thiazole rings is 1. The molecule has 0 unspecified atom stereocenters. The number of benzene rings is 3. The highest BCUT2D eigenvalue weighted by Crippen LogP contribution is 2.38. The maximum absolute atomic E-state index is 14.3. The number of carbonyl (C=O) groups excluding carboxylic acids is 1. The molecule has 9 nitrogen and oxygen atoms in total. The van der Waals surface area contributed by atoms with Crippen LogP contribution in [0.3, 0.4) is 0 Å². The van der Waals surface area contributed by atoms with Gasteiger partial charge in [-0.05, 0) is 36.8 Å². The summed E-state index contributed by atoms with van der Waals surface area (Å²) < 4.78 is 29.7. The largest absolute Gasteiger partial charge is 0.493 e. The van der Waals surface area contributed by atoms with E-state index in [-0.39, 0.29) is 24.3 Å². The van der Waals surface area contributed by atoms with Crippen LogP contribution in [-0.4, -0.2) is 45.1 Å². The average molecular weight is 611 g/mol. The fourth-order valence-electron chi connectivity index (χ4n) is 5.00. The summed E-state index contributed by atoms with van der Waals surface area (Å²) in [6, 6.07) is 19.1. The molecule has 0 aliphatic carbocycles. The lowest BCUT2D eigenvalue weighted by Gasteiger charge is -2.26. The fourth-order valence-corrected chi connectivity index (χ4v) is 5.99. The lowest BCUT2D eigenvalue weighted by Crippen LogP contribution is -2.40. The molecule has 0 saturated carbocycles. The van der Waals surface area contributed by atoms with Crippen LogP contribution in [0.5, 0.6) is 23.0 Å². The Morgan fingerprint density at radius 3 is 2.43 bits per heavy atom. The van der Waals surface area contributed by atoms with Crippen molar-refractivity contribution in [3.63, 3.8) is 0 Å². The van der Waals surface area contributed by atoms with E-state index in [9.17, 15) is 9.59 Å². The third-order valence-corrected chi connectivity index (χ3v) is 7.90. The van der Waals surface area contributed by atoms with Gasteiger partial charge in [0.2, 0.25) is 0 Å². The van der Waals surface area contributed by atoms with Crippen molar-refractivity contribution in [1.82, 2.24) is 4.57 Å². The van der Waals surface area contributed by atoms with Gasteiger partial charge in [0.1, 0.15) is 6.61 Å².